The molecule has 0 N–H and O–H groups in total. The van der Waals surface area contributed by atoms with Crippen LogP contribution in [0.25, 0.3) is 11.0 Å². The zero-order valence-corrected chi connectivity index (χ0v) is 11.7. The lowest BCUT2D eigenvalue weighted by Gasteiger charge is -2.15. The van der Waals surface area contributed by atoms with Gasteiger partial charge in [0.25, 0.3) is 0 Å². The topological polar surface area (TPSA) is 39.9 Å². The first-order valence-corrected chi connectivity index (χ1v) is 8.59. The minimum atomic E-state index is -0.205. The van der Waals surface area contributed by atoms with Crippen molar-refractivity contribution in [2.24, 2.45) is 0 Å². The normalized spacial score (nSPS) is 11.5. The molecule has 0 saturated heterocycles. The average molecular weight is 269 g/mol. The van der Waals surface area contributed by atoms with Gasteiger partial charge in [0.2, 0.25) is 0 Å². The van der Waals surface area contributed by atoms with Gasteiger partial charge < -0.3 is 9.30 Å². The van der Waals surface area contributed by atoms with Gasteiger partial charge in [-0.2, -0.15) is 19.1 Å². The first-order valence-electron chi connectivity index (χ1n) is 5.50. The summed E-state index contributed by atoms with van der Waals surface area (Å²) in [4.78, 5) is 8.15. The molecule has 0 aliphatic heterocycles. The summed E-state index contributed by atoms with van der Waals surface area (Å²) in [5, 5.41) is 1.36. The second kappa shape index (κ2) is 5.62. The minimum absolute atomic E-state index is 0.205. The molecule has 0 atom stereocenters. The number of hydrogen-bond acceptors (Lipinski definition) is 3. The molecule has 0 aliphatic rings. The van der Waals surface area contributed by atoms with Crippen LogP contribution in [0.4, 0.5) is 0 Å². The molecule has 0 unspecified atom stereocenters. The van der Waals surface area contributed by atoms with Crippen LogP contribution in [0.1, 0.15) is 0 Å². The molecule has 2 aromatic heterocycles. The second-order valence-electron chi connectivity index (χ2n) is 4.18. The smallest absolute Gasteiger partial charge is 0.146 e. The van der Waals surface area contributed by atoms with E-state index in [9.17, 15) is 0 Å². The molecule has 2 rings (SSSR count). The number of nitrogens with zero attached hydrogens (tertiary/aromatic N) is 3. The van der Waals surface area contributed by atoms with E-state index < -0.39 is 0 Å². The van der Waals surface area contributed by atoms with Crippen LogP contribution in [-0.4, -0.2) is 29.9 Å². The first kappa shape index (κ1) is 12.5. The lowest BCUT2D eigenvalue weighted by Crippen LogP contribution is -2.08. The Balaban J connectivity index is 2.02. The zero-order valence-electron chi connectivity index (χ0n) is 9.98. The Kier molecular flexibility index (Phi) is 4.14. The summed E-state index contributed by atoms with van der Waals surface area (Å²) < 4.78 is 7.57. The number of ether oxygens (including phenoxy) is 1. The summed E-state index contributed by atoms with van der Waals surface area (Å²) in [6, 6.07) is 3.08. The predicted molar refractivity (Wildman–Crippen MR) is 70.8 cm³/mol. The molecule has 17 heavy (non-hydrogen) atoms. The van der Waals surface area contributed by atoms with Crippen molar-refractivity contribution in [1.29, 1.82) is 0 Å². The fraction of sp³-hybridized carbons (Fsp3) is 0.455. The van der Waals surface area contributed by atoms with E-state index >= 15 is 0 Å². The maximum Gasteiger partial charge on any atom is 0.146 e. The SMILES string of the molecule is C[Si-](C)CCOCn1ccc2c(Cl)ncnc21. The zero-order chi connectivity index (χ0) is 12.3. The average Bonchev–Trinajstić information content (AvgIpc) is 2.69. The van der Waals surface area contributed by atoms with Gasteiger partial charge in [0.15, 0.2) is 0 Å². The summed E-state index contributed by atoms with van der Waals surface area (Å²) in [6.07, 6.45) is 3.40. The summed E-state index contributed by atoms with van der Waals surface area (Å²) in [5.41, 5.74) is 0.823. The van der Waals surface area contributed by atoms with Gasteiger partial charge in [-0.1, -0.05) is 11.6 Å². The summed E-state index contributed by atoms with van der Waals surface area (Å²) >= 11 is 5.97. The number of halogens is 1. The molecule has 0 fully saturated rings. The Hall–Kier alpha value is -0.913. The molecule has 0 saturated carbocycles. The maximum absolute atomic E-state index is 5.97. The second-order valence-corrected chi connectivity index (χ2v) is 7.45. The number of hydrogen-bond donors (Lipinski definition) is 0. The third kappa shape index (κ3) is 3.05. The Labute approximate surface area is 107 Å². The van der Waals surface area contributed by atoms with Crippen molar-refractivity contribution >= 4 is 31.4 Å². The van der Waals surface area contributed by atoms with E-state index in [0.29, 0.717) is 11.9 Å². The van der Waals surface area contributed by atoms with Gasteiger partial charge in [0.05, 0.1) is 5.39 Å². The van der Waals surface area contributed by atoms with Gasteiger partial charge in [-0.15, -0.1) is 0 Å². The van der Waals surface area contributed by atoms with Gasteiger partial charge in [0.1, 0.15) is 23.9 Å². The number of aromatic nitrogens is 3. The summed E-state index contributed by atoms with van der Waals surface area (Å²) in [5.74, 6) is 0. The Morgan fingerprint density at radius 3 is 3.00 bits per heavy atom. The Bertz CT molecular complexity index is 500. The van der Waals surface area contributed by atoms with Crippen molar-refractivity contribution < 1.29 is 4.74 Å². The van der Waals surface area contributed by atoms with Crippen LogP contribution in [0.5, 0.6) is 0 Å². The van der Waals surface area contributed by atoms with Gasteiger partial charge in [-0.25, -0.2) is 9.97 Å². The van der Waals surface area contributed by atoms with E-state index in [2.05, 4.69) is 23.1 Å². The van der Waals surface area contributed by atoms with Crippen LogP contribution < -0.4 is 0 Å². The van der Waals surface area contributed by atoms with E-state index in [1.807, 2.05) is 16.8 Å². The molecule has 2 aromatic rings. The third-order valence-electron chi connectivity index (χ3n) is 2.48. The highest BCUT2D eigenvalue weighted by Crippen LogP contribution is 2.19. The quantitative estimate of drug-likeness (QED) is 0.476. The molecule has 0 radical (unpaired) electrons. The van der Waals surface area contributed by atoms with Crippen LogP contribution in [0, 0.1) is 0 Å². The van der Waals surface area contributed by atoms with Crippen LogP contribution in [0.2, 0.25) is 24.3 Å². The van der Waals surface area contributed by atoms with Crippen LogP contribution >= 0.6 is 11.6 Å². The maximum atomic E-state index is 5.97. The van der Waals surface area contributed by atoms with E-state index in [1.165, 1.54) is 12.4 Å². The fourth-order valence-electron chi connectivity index (χ4n) is 1.52. The van der Waals surface area contributed by atoms with Crippen LogP contribution in [0.3, 0.4) is 0 Å². The molecular weight excluding hydrogens is 254 g/mol. The minimum Gasteiger partial charge on any atom is -0.364 e. The molecule has 2 heterocycles. The molecule has 0 spiro atoms. The van der Waals surface area contributed by atoms with E-state index in [0.717, 1.165) is 17.6 Å². The predicted octanol–water partition coefficient (Wildman–Crippen LogP) is 2.81. The van der Waals surface area contributed by atoms with Gasteiger partial charge >= 0.3 is 0 Å². The number of rotatable bonds is 5. The molecule has 6 heteroatoms. The fourth-order valence-corrected chi connectivity index (χ4v) is 2.26. The van der Waals surface area contributed by atoms with Crippen molar-refractivity contribution in [1.82, 2.24) is 14.5 Å². The van der Waals surface area contributed by atoms with Gasteiger partial charge in [0, 0.05) is 12.8 Å². The Morgan fingerprint density at radius 2 is 2.24 bits per heavy atom. The van der Waals surface area contributed by atoms with Crippen LogP contribution in [0.15, 0.2) is 18.6 Å². The van der Waals surface area contributed by atoms with Crippen molar-refractivity contribution in [3.8, 4) is 0 Å². The standard InChI is InChI=1S/C11H15ClN3OSi/c1-17(2)6-5-16-8-15-4-3-9-10(12)13-7-14-11(9)15/h3-4,7H,5-6,8H2,1-2H3/q-1. The molecule has 92 valence electrons. The summed E-state index contributed by atoms with van der Waals surface area (Å²) in [7, 11) is -0.205. The van der Waals surface area contributed by atoms with Crippen LogP contribution in [-0.2, 0) is 11.5 Å². The molecule has 0 bridgehead atoms. The van der Waals surface area contributed by atoms with Gasteiger partial charge in [-0.3, -0.25) is 8.80 Å². The number of fused-ring (bicyclic) bond motifs is 1. The highest BCUT2D eigenvalue weighted by Gasteiger charge is 2.05. The lowest BCUT2D eigenvalue weighted by molar-refractivity contribution is 0.0902. The van der Waals surface area contributed by atoms with Crippen molar-refractivity contribution in [3.05, 3.63) is 23.7 Å². The molecule has 0 amide bonds. The Morgan fingerprint density at radius 1 is 1.41 bits per heavy atom. The van der Waals surface area contributed by atoms with Crippen molar-refractivity contribution in [2.45, 2.75) is 25.9 Å². The highest BCUT2D eigenvalue weighted by atomic mass is 35.5. The largest absolute Gasteiger partial charge is 0.364 e. The molecule has 4 nitrogen and oxygen atoms in total. The first-order chi connectivity index (χ1) is 8.18. The van der Waals surface area contributed by atoms with Crippen molar-refractivity contribution in [3.63, 3.8) is 0 Å². The highest BCUT2D eigenvalue weighted by molar-refractivity contribution is 6.55. The summed E-state index contributed by atoms with van der Waals surface area (Å²) in [6.45, 7) is 5.89. The lowest BCUT2D eigenvalue weighted by atomic mass is 10.4. The van der Waals surface area contributed by atoms with Gasteiger partial charge in [-0.05, 0) is 6.07 Å². The molecule has 0 aromatic carbocycles. The van der Waals surface area contributed by atoms with E-state index in [4.69, 9.17) is 16.3 Å². The molecular formula is C11H15ClN3OSi-. The third-order valence-corrected chi connectivity index (χ3v) is 3.99. The van der Waals surface area contributed by atoms with E-state index in [-0.39, 0.29) is 8.80 Å². The monoisotopic (exact) mass is 268 g/mol. The molecule has 0 aliphatic carbocycles. The van der Waals surface area contributed by atoms with E-state index in [1.54, 1.807) is 0 Å². The van der Waals surface area contributed by atoms with Crippen molar-refractivity contribution in [2.75, 3.05) is 6.61 Å².